The van der Waals surface area contributed by atoms with Gasteiger partial charge in [-0.1, -0.05) is 26.0 Å². The summed E-state index contributed by atoms with van der Waals surface area (Å²) in [6.45, 7) is 4.59. The lowest BCUT2D eigenvalue weighted by molar-refractivity contribution is -0.143. The molecule has 1 aromatic carbocycles. The molecule has 0 aliphatic rings. The maximum absolute atomic E-state index is 12.8. The maximum atomic E-state index is 12.8. The number of hydrogen-bond donors (Lipinski definition) is 7. The highest BCUT2D eigenvalue weighted by Crippen LogP contribution is 2.12. The van der Waals surface area contributed by atoms with Crippen LogP contribution >= 0.6 is 0 Å². The van der Waals surface area contributed by atoms with E-state index in [0.717, 1.165) is 0 Å². The predicted octanol–water partition coefficient (Wildman–Crippen LogP) is -1.05. The Morgan fingerprint density at radius 1 is 0.848 bits per heavy atom. The fourth-order valence-corrected chi connectivity index (χ4v) is 2.68. The van der Waals surface area contributed by atoms with E-state index in [9.17, 15) is 29.1 Å². The maximum Gasteiger partial charge on any atom is 0.325 e. The number of nitrogens with two attached hydrogens (primary N) is 1. The molecule has 12 nitrogen and oxygen atoms in total. The van der Waals surface area contributed by atoms with E-state index < -0.39 is 60.2 Å². The summed E-state index contributed by atoms with van der Waals surface area (Å²) in [5, 5.41) is 34.5. The van der Waals surface area contributed by atoms with Crippen molar-refractivity contribution in [2.24, 2.45) is 11.7 Å². The van der Waals surface area contributed by atoms with Crippen LogP contribution in [0, 0.1) is 5.92 Å². The second-order valence-electron chi connectivity index (χ2n) is 7.93. The first kappa shape index (κ1) is 27.4. The van der Waals surface area contributed by atoms with Gasteiger partial charge in [-0.2, -0.15) is 0 Å². The first-order valence-corrected chi connectivity index (χ1v) is 10.2. The summed E-state index contributed by atoms with van der Waals surface area (Å²) in [6.07, 6.45) is -0.856. The van der Waals surface area contributed by atoms with Gasteiger partial charge in [-0.3, -0.25) is 24.0 Å². The third-order valence-corrected chi connectivity index (χ3v) is 4.77. The molecule has 0 bridgehead atoms. The van der Waals surface area contributed by atoms with Crippen molar-refractivity contribution < 1.29 is 39.3 Å². The molecule has 0 aromatic heterocycles. The first-order valence-electron chi connectivity index (χ1n) is 10.2. The van der Waals surface area contributed by atoms with Crippen LogP contribution in [-0.2, 0) is 30.4 Å². The van der Waals surface area contributed by atoms with Gasteiger partial charge in [-0.15, -0.1) is 0 Å². The average molecular weight is 466 g/mol. The fourth-order valence-electron chi connectivity index (χ4n) is 2.68. The summed E-state index contributed by atoms with van der Waals surface area (Å²) in [5.41, 5.74) is 6.28. The van der Waals surface area contributed by atoms with E-state index in [1.807, 2.05) is 0 Å². The monoisotopic (exact) mass is 466 g/mol. The van der Waals surface area contributed by atoms with Crippen molar-refractivity contribution in [3.63, 3.8) is 0 Å². The van der Waals surface area contributed by atoms with Crippen LogP contribution in [0.3, 0.4) is 0 Å². The molecule has 0 saturated heterocycles. The van der Waals surface area contributed by atoms with E-state index in [1.165, 1.54) is 31.2 Å². The van der Waals surface area contributed by atoms with Gasteiger partial charge in [0.25, 0.3) is 0 Å². The topological polar surface area (TPSA) is 208 Å². The molecule has 8 N–H and O–H groups in total. The minimum Gasteiger partial charge on any atom is -0.508 e. The summed E-state index contributed by atoms with van der Waals surface area (Å²) in [5.74, 6) is -5.47. The molecule has 0 spiro atoms. The summed E-state index contributed by atoms with van der Waals surface area (Å²) in [7, 11) is 0. The van der Waals surface area contributed by atoms with Crippen LogP contribution in [0.4, 0.5) is 0 Å². The zero-order valence-electron chi connectivity index (χ0n) is 18.6. The number of carbonyl (C=O) groups is 5. The molecule has 0 radical (unpaired) electrons. The Bertz CT molecular complexity index is 872. The van der Waals surface area contributed by atoms with Gasteiger partial charge in [0.15, 0.2) is 0 Å². The Morgan fingerprint density at radius 2 is 1.36 bits per heavy atom. The van der Waals surface area contributed by atoms with Gasteiger partial charge >= 0.3 is 11.9 Å². The molecule has 3 amide bonds. The molecule has 4 atom stereocenters. The van der Waals surface area contributed by atoms with Crippen molar-refractivity contribution in [2.75, 3.05) is 0 Å². The molecule has 0 fully saturated rings. The smallest absolute Gasteiger partial charge is 0.325 e. The summed E-state index contributed by atoms with van der Waals surface area (Å²) in [6, 6.07) is 0.681. The van der Waals surface area contributed by atoms with Crippen molar-refractivity contribution in [2.45, 2.75) is 57.8 Å². The van der Waals surface area contributed by atoms with Gasteiger partial charge in [0.05, 0.1) is 12.5 Å². The van der Waals surface area contributed by atoms with Gasteiger partial charge in [0.2, 0.25) is 17.7 Å². The highest BCUT2D eigenvalue weighted by molar-refractivity contribution is 5.95. The second-order valence-corrected chi connectivity index (χ2v) is 7.93. The SMILES string of the molecule is CC(NC(=O)C(Cc1ccc(O)cc1)NC(=O)C(CC(=O)O)NC(=O)C(N)C(C)C)C(=O)O. The quantitative estimate of drug-likeness (QED) is 0.200. The number of carboxylic acids is 2. The van der Waals surface area contributed by atoms with Crippen molar-refractivity contribution in [1.82, 2.24) is 16.0 Å². The third kappa shape index (κ3) is 9.15. The highest BCUT2D eigenvalue weighted by Gasteiger charge is 2.31. The van der Waals surface area contributed by atoms with Crippen molar-refractivity contribution in [3.8, 4) is 5.75 Å². The number of carbonyl (C=O) groups excluding carboxylic acids is 3. The number of phenols is 1. The Labute approximate surface area is 190 Å². The Morgan fingerprint density at radius 3 is 1.85 bits per heavy atom. The number of aromatic hydroxyl groups is 1. The highest BCUT2D eigenvalue weighted by atomic mass is 16.4. The molecule has 33 heavy (non-hydrogen) atoms. The van der Waals surface area contributed by atoms with Crippen molar-refractivity contribution >= 4 is 29.7 Å². The molecule has 0 saturated carbocycles. The van der Waals surface area contributed by atoms with Gasteiger partial charge in [-0.05, 0) is 30.5 Å². The van der Waals surface area contributed by atoms with E-state index in [-0.39, 0.29) is 18.1 Å². The van der Waals surface area contributed by atoms with Crippen LogP contribution in [0.1, 0.15) is 32.8 Å². The molecule has 0 aliphatic carbocycles. The number of phenolic OH excluding ortho intramolecular Hbond substituents is 1. The summed E-state index contributed by atoms with van der Waals surface area (Å²) >= 11 is 0. The normalized spacial score (nSPS) is 14.5. The number of hydrogen-bond acceptors (Lipinski definition) is 7. The Hall–Kier alpha value is -3.67. The van der Waals surface area contributed by atoms with Gasteiger partial charge in [0, 0.05) is 6.42 Å². The summed E-state index contributed by atoms with van der Waals surface area (Å²) < 4.78 is 0. The molecular formula is C21H30N4O8. The zero-order chi connectivity index (χ0) is 25.3. The molecule has 0 aliphatic heterocycles. The van der Waals surface area contributed by atoms with Crippen molar-refractivity contribution in [3.05, 3.63) is 29.8 Å². The lowest BCUT2D eigenvalue weighted by Crippen LogP contribution is -2.58. The minimum atomic E-state index is -1.52. The molecule has 0 heterocycles. The van der Waals surface area contributed by atoms with E-state index in [4.69, 9.17) is 15.9 Å². The molecule has 4 unspecified atom stereocenters. The van der Waals surface area contributed by atoms with Crippen LogP contribution in [0.25, 0.3) is 0 Å². The predicted molar refractivity (Wildman–Crippen MR) is 116 cm³/mol. The van der Waals surface area contributed by atoms with E-state index in [1.54, 1.807) is 13.8 Å². The number of amides is 3. The second kappa shape index (κ2) is 12.4. The molecular weight excluding hydrogens is 436 g/mol. The van der Waals surface area contributed by atoms with Crippen LogP contribution in [0.5, 0.6) is 5.75 Å². The minimum absolute atomic E-state index is 0.0194. The molecule has 1 rings (SSSR count). The lowest BCUT2D eigenvalue weighted by Gasteiger charge is -2.24. The number of aliphatic carboxylic acids is 2. The van der Waals surface area contributed by atoms with Crippen LogP contribution in [0.2, 0.25) is 0 Å². The zero-order valence-corrected chi connectivity index (χ0v) is 18.6. The molecule has 182 valence electrons. The first-order chi connectivity index (χ1) is 15.3. The largest absolute Gasteiger partial charge is 0.508 e. The van der Waals surface area contributed by atoms with E-state index >= 15 is 0 Å². The molecule has 12 heteroatoms. The van der Waals surface area contributed by atoms with Crippen molar-refractivity contribution in [1.29, 1.82) is 0 Å². The van der Waals surface area contributed by atoms with Gasteiger partial charge < -0.3 is 37.0 Å². The number of nitrogens with one attached hydrogen (secondary N) is 3. The van der Waals surface area contributed by atoms with Crippen LogP contribution in [-0.4, -0.2) is 69.1 Å². The Balaban J connectivity index is 3.10. The van der Waals surface area contributed by atoms with Crippen LogP contribution < -0.4 is 21.7 Å². The number of benzene rings is 1. The fraction of sp³-hybridized carbons (Fsp3) is 0.476. The third-order valence-electron chi connectivity index (χ3n) is 4.77. The van der Waals surface area contributed by atoms with Crippen LogP contribution in [0.15, 0.2) is 24.3 Å². The number of carboxylic acid groups (broad SMARTS) is 2. The summed E-state index contributed by atoms with van der Waals surface area (Å²) in [4.78, 5) is 60.1. The Kier molecular flexibility index (Phi) is 10.3. The average Bonchev–Trinajstić information content (AvgIpc) is 2.72. The number of rotatable bonds is 12. The van der Waals surface area contributed by atoms with Gasteiger partial charge in [-0.25, -0.2) is 0 Å². The van der Waals surface area contributed by atoms with E-state index in [0.29, 0.717) is 5.56 Å². The van der Waals surface area contributed by atoms with Gasteiger partial charge in [0.1, 0.15) is 23.9 Å². The molecule has 1 aromatic rings. The van der Waals surface area contributed by atoms with E-state index in [2.05, 4.69) is 16.0 Å². The lowest BCUT2D eigenvalue weighted by atomic mass is 10.0. The standard InChI is InChI=1S/C21H30N4O8/c1-10(2)17(22)20(31)25-15(9-16(27)28)19(30)24-14(18(29)23-11(3)21(32)33)8-12-4-6-13(26)7-5-12/h4-7,10-11,14-15,17,26H,8-9,22H2,1-3H3,(H,23,29)(H,24,30)(H,25,31)(H,27,28)(H,32,33).